The van der Waals surface area contributed by atoms with Gasteiger partial charge in [0.15, 0.2) is 0 Å². The van der Waals surface area contributed by atoms with Gasteiger partial charge < -0.3 is 0 Å². The summed E-state index contributed by atoms with van der Waals surface area (Å²) in [5.74, 6) is 1.08. The van der Waals surface area contributed by atoms with Crippen LogP contribution >= 0.6 is 11.3 Å². The molecule has 0 spiro atoms. The molecule has 0 aliphatic heterocycles. The molecule has 0 nitrogen and oxygen atoms in total. The molecule has 2 aromatic rings. The van der Waals surface area contributed by atoms with Crippen molar-refractivity contribution in [2.45, 2.75) is 5.92 Å². The van der Waals surface area contributed by atoms with E-state index in [1.54, 1.807) is 0 Å². The normalized spacial score (nSPS) is 24.9. The highest BCUT2D eigenvalue weighted by Crippen LogP contribution is 2.45. The fourth-order valence-corrected chi connectivity index (χ4v) is 4.02. The van der Waals surface area contributed by atoms with Gasteiger partial charge in [0, 0.05) is 21.4 Å². The van der Waals surface area contributed by atoms with Crippen molar-refractivity contribution in [1.29, 1.82) is 0 Å². The molecule has 1 aromatic carbocycles. The van der Waals surface area contributed by atoms with Crippen LogP contribution in [0, 0.1) is 5.92 Å². The molecule has 0 amide bonds. The van der Waals surface area contributed by atoms with E-state index in [2.05, 4.69) is 60.7 Å². The van der Waals surface area contributed by atoms with E-state index in [4.69, 9.17) is 0 Å². The first-order valence-electron chi connectivity index (χ1n) is 5.98. The molecule has 1 heterocycles. The van der Waals surface area contributed by atoms with Gasteiger partial charge in [-0.3, -0.25) is 0 Å². The Kier molecular flexibility index (Phi) is 1.91. The van der Waals surface area contributed by atoms with E-state index in [9.17, 15) is 0 Å². The quantitative estimate of drug-likeness (QED) is 0.619. The van der Waals surface area contributed by atoms with Crippen LogP contribution in [0.4, 0.5) is 0 Å². The van der Waals surface area contributed by atoms with E-state index < -0.39 is 0 Å². The van der Waals surface area contributed by atoms with Gasteiger partial charge in [-0.25, -0.2) is 0 Å². The highest BCUT2D eigenvalue weighted by Gasteiger charge is 2.26. The number of benzene rings is 1. The fraction of sp³-hybridized carbons (Fsp3) is 0.125. The summed E-state index contributed by atoms with van der Waals surface area (Å²) in [6, 6.07) is 8.75. The zero-order valence-electron chi connectivity index (χ0n) is 9.34. The Labute approximate surface area is 105 Å². The van der Waals surface area contributed by atoms with Crippen LogP contribution in [-0.2, 0) is 0 Å². The summed E-state index contributed by atoms with van der Waals surface area (Å²) in [5.41, 5.74) is 1.53. The lowest BCUT2D eigenvalue weighted by molar-refractivity contribution is 0.700. The van der Waals surface area contributed by atoms with E-state index in [0.717, 1.165) is 0 Å². The van der Waals surface area contributed by atoms with Gasteiger partial charge in [0.25, 0.3) is 0 Å². The summed E-state index contributed by atoms with van der Waals surface area (Å²) in [6.45, 7) is 0. The molecule has 0 bridgehead atoms. The van der Waals surface area contributed by atoms with Crippen molar-refractivity contribution in [2.24, 2.45) is 5.92 Å². The predicted octanol–water partition coefficient (Wildman–Crippen LogP) is 4.75. The molecule has 2 unspecified atom stereocenters. The summed E-state index contributed by atoms with van der Waals surface area (Å²) in [5, 5.41) is 1.44. The molecule has 0 radical (unpaired) electrons. The summed E-state index contributed by atoms with van der Waals surface area (Å²) < 4.78 is 1.41. The second-order valence-corrected chi connectivity index (χ2v) is 5.69. The summed E-state index contributed by atoms with van der Waals surface area (Å²) >= 11 is 1.91. The Morgan fingerprint density at radius 1 is 0.941 bits per heavy atom. The minimum atomic E-state index is 0.538. The minimum Gasteiger partial charge on any atom is -0.136 e. The monoisotopic (exact) mass is 236 g/mol. The zero-order chi connectivity index (χ0) is 11.2. The highest BCUT2D eigenvalue weighted by atomic mass is 32.1. The molecular formula is C16H12S. The largest absolute Gasteiger partial charge is 0.136 e. The predicted molar refractivity (Wildman–Crippen MR) is 75.4 cm³/mol. The molecule has 2 aliphatic rings. The summed E-state index contributed by atoms with van der Waals surface area (Å²) in [4.78, 5) is 1.44. The SMILES string of the molecule is C1=CC2C=Cc3sc4ccccc4c3C2C=C1. The Morgan fingerprint density at radius 2 is 1.82 bits per heavy atom. The van der Waals surface area contributed by atoms with Crippen molar-refractivity contribution in [1.82, 2.24) is 0 Å². The molecule has 0 saturated heterocycles. The molecule has 0 fully saturated rings. The van der Waals surface area contributed by atoms with E-state index >= 15 is 0 Å². The van der Waals surface area contributed by atoms with Gasteiger partial charge in [0.05, 0.1) is 0 Å². The van der Waals surface area contributed by atoms with Gasteiger partial charge in [-0.2, -0.15) is 0 Å². The molecule has 4 rings (SSSR count). The van der Waals surface area contributed by atoms with Crippen molar-refractivity contribution in [3.8, 4) is 0 Å². The molecule has 0 saturated carbocycles. The van der Waals surface area contributed by atoms with Crippen LogP contribution in [0.15, 0.2) is 54.6 Å². The molecule has 17 heavy (non-hydrogen) atoms. The average molecular weight is 236 g/mol. The zero-order valence-corrected chi connectivity index (χ0v) is 10.2. The Bertz CT molecular complexity index is 670. The van der Waals surface area contributed by atoms with Crippen LogP contribution in [0.2, 0.25) is 0 Å². The highest BCUT2D eigenvalue weighted by molar-refractivity contribution is 7.20. The third-order valence-corrected chi connectivity index (χ3v) is 4.80. The van der Waals surface area contributed by atoms with Crippen LogP contribution in [0.5, 0.6) is 0 Å². The summed E-state index contributed by atoms with van der Waals surface area (Å²) in [6.07, 6.45) is 13.6. The lowest BCUT2D eigenvalue weighted by Gasteiger charge is -2.25. The van der Waals surface area contributed by atoms with Gasteiger partial charge in [0.2, 0.25) is 0 Å². The number of allylic oxidation sites excluding steroid dienone is 5. The molecular weight excluding hydrogens is 224 g/mol. The maximum atomic E-state index is 2.34. The fourth-order valence-electron chi connectivity index (χ4n) is 2.85. The topological polar surface area (TPSA) is 0 Å². The average Bonchev–Trinajstić information content (AvgIpc) is 2.77. The standard InChI is InChI=1S/C16H12S/c1-2-6-12-11(5-1)9-10-15-16(12)13-7-3-4-8-14(13)17-15/h1-12H. The first-order chi connectivity index (χ1) is 8.43. The van der Waals surface area contributed by atoms with E-state index in [-0.39, 0.29) is 0 Å². The van der Waals surface area contributed by atoms with Gasteiger partial charge in [0.1, 0.15) is 0 Å². The molecule has 1 heteroatoms. The number of rotatable bonds is 0. The number of hydrogen-bond acceptors (Lipinski definition) is 1. The van der Waals surface area contributed by atoms with Crippen molar-refractivity contribution in [3.05, 3.63) is 65.1 Å². The number of thiophene rings is 1. The third kappa shape index (κ3) is 1.29. The van der Waals surface area contributed by atoms with Crippen molar-refractivity contribution in [3.63, 3.8) is 0 Å². The number of hydrogen-bond donors (Lipinski definition) is 0. The second-order valence-electron chi connectivity index (χ2n) is 4.61. The number of fused-ring (bicyclic) bond motifs is 5. The van der Waals surface area contributed by atoms with Crippen molar-refractivity contribution < 1.29 is 0 Å². The van der Waals surface area contributed by atoms with Gasteiger partial charge in [-0.05, 0) is 23.1 Å². The lowest BCUT2D eigenvalue weighted by atomic mass is 9.79. The second kappa shape index (κ2) is 3.44. The van der Waals surface area contributed by atoms with Gasteiger partial charge in [-0.15, -0.1) is 11.3 Å². The summed E-state index contributed by atoms with van der Waals surface area (Å²) in [7, 11) is 0. The van der Waals surface area contributed by atoms with Crippen LogP contribution in [-0.4, -0.2) is 0 Å². The Balaban J connectivity index is 2.04. The van der Waals surface area contributed by atoms with Crippen LogP contribution in [0.3, 0.4) is 0 Å². The van der Waals surface area contributed by atoms with Crippen LogP contribution in [0.1, 0.15) is 16.4 Å². The molecule has 2 atom stereocenters. The smallest absolute Gasteiger partial charge is 0.0352 e. The molecule has 0 N–H and O–H groups in total. The van der Waals surface area contributed by atoms with Crippen molar-refractivity contribution >= 4 is 27.5 Å². The van der Waals surface area contributed by atoms with Crippen LogP contribution in [0.25, 0.3) is 16.2 Å². The first kappa shape index (κ1) is 9.43. The first-order valence-corrected chi connectivity index (χ1v) is 6.80. The maximum absolute atomic E-state index is 2.34. The van der Waals surface area contributed by atoms with Gasteiger partial charge in [-0.1, -0.05) is 48.6 Å². The molecule has 2 aliphatic carbocycles. The van der Waals surface area contributed by atoms with E-state index in [0.29, 0.717) is 11.8 Å². The lowest BCUT2D eigenvalue weighted by Crippen LogP contribution is -2.11. The van der Waals surface area contributed by atoms with Crippen molar-refractivity contribution in [2.75, 3.05) is 0 Å². The third-order valence-electron chi connectivity index (χ3n) is 3.64. The van der Waals surface area contributed by atoms with E-state index in [1.807, 2.05) is 11.3 Å². The van der Waals surface area contributed by atoms with Crippen LogP contribution < -0.4 is 0 Å². The molecule has 1 aromatic heterocycles. The maximum Gasteiger partial charge on any atom is 0.0352 e. The Hall–Kier alpha value is -1.60. The van der Waals surface area contributed by atoms with Gasteiger partial charge >= 0.3 is 0 Å². The Morgan fingerprint density at radius 3 is 2.82 bits per heavy atom. The molecule has 82 valence electrons. The minimum absolute atomic E-state index is 0.538. The van der Waals surface area contributed by atoms with E-state index in [1.165, 1.54) is 20.5 Å².